The highest BCUT2D eigenvalue weighted by atomic mass is 19.1. The predicted octanol–water partition coefficient (Wildman–Crippen LogP) is 7.45. The summed E-state index contributed by atoms with van der Waals surface area (Å²) < 4.78 is 84.3. The van der Waals surface area contributed by atoms with Crippen molar-refractivity contribution >= 4 is 11.9 Å². The molecule has 6 rings (SSSR count). The Kier molecular flexibility index (Phi) is 17.8. The van der Waals surface area contributed by atoms with Crippen LogP contribution in [-0.2, 0) is 38.3 Å². The minimum Gasteiger partial charge on any atom is -0.493 e. The number of carbonyl (C=O) groups excluding carboxylic acids is 2. The van der Waals surface area contributed by atoms with Gasteiger partial charge >= 0.3 is 11.9 Å². The molecule has 0 spiro atoms. The summed E-state index contributed by atoms with van der Waals surface area (Å²) >= 11 is 0. The van der Waals surface area contributed by atoms with Crippen LogP contribution in [-0.4, -0.2) is 152 Å². The summed E-state index contributed by atoms with van der Waals surface area (Å²) in [6, 6.07) is 15.6. The number of halogens is 1. The molecular formula is C53H71FN2O14+2. The number of methoxy groups -OCH3 is 10. The van der Waals surface area contributed by atoms with Gasteiger partial charge in [-0.25, -0.2) is 9.18 Å². The largest absolute Gasteiger partial charge is 0.493 e. The molecule has 0 saturated heterocycles. The van der Waals surface area contributed by atoms with Crippen LogP contribution in [0.15, 0.2) is 48.5 Å². The fraction of sp³-hybridized carbons (Fsp3) is 0.509. The summed E-state index contributed by atoms with van der Waals surface area (Å²) in [5.41, 5.74) is 6.32. The molecule has 0 fully saturated rings. The Morgan fingerprint density at radius 1 is 0.543 bits per heavy atom. The molecule has 382 valence electrons. The number of hydrogen-bond acceptors (Lipinski definition) is 14. The van der Waals surface area contributed by atoms with Crippen LogP contribution in [0.3, 0.4) is 0 Å². The van der Waals surface area contributed by atoms with E-state index in [9.17, 15) is 9.59 Å². The maximum absolute atomic E-state index is 15.3. The number of quaternary nitrogens is 2. The first-order chi connectivity index (χ1) is 33.7. The van der Waals surface area contributed by atoms with Gasteiger partial charge in [0.25, 0.3) is 0 Å². The molecule has 2 heterocycles. The van der Waals surface area contributed by atoms with Crippen LogP contribution in [0.4, 0.5) is 4.39 Å². The van der Waals surface area contributed by atoms with Gasteiger partial charge in [0.1, 0.15) is 12.1 Å². The van der Waals surface area contributed by atoms with Crippen LogP contribution in [0.1, 0.15) is 64.7 Å². The molecule has 16 nitrogen and oxygen atoms in total. The number of benzene rings is 4. The molecule has 0 bridgehead atoms. The van der Waals surface area contributed by atoms with Gasteiger partial charge in [-0.1, -0.05) is 0 Å². The number of nitrogens with zero attached hydrogens (tertiary/aromatic N) is 2. The maximum Gasteiger partial charge on any atom is 0.341 e. The van der Waals surface area contributed by atoms with E-state index in [0.29, 0.717) is 98.8 Å². The summed E-state index contributed by atoms with van der Waals surface area (Å²) in [5.74, 6) is 3.75. The average Bonchev–Trinajstić information content (AvgIpc) is 3.37. The van der Waals surface area contributed by atoms with Crippen molar-refractivity contribution < 1.29 is 79.8 Å². The van der Waals surface area contributed by atoms with E-state index in [1.165, 1.54) is 0 Å². The summed E-state index contributed by atoms with van der Waals surface area (Å²) in [6.45, 7) is 2.75. The number of fused-ring (bicyclic) bond motifs is 2. The quantitative estimate of drug-likeness (QED) is 0.0390. The number of esters is 2. The molecule has 0 radical (unpaired) electrons. The lowest BCUT2D eigenvalue weighted by Gasteiger charge is -2.46. The average molecular weight is 979 g/mol. The normalized spacial score (nSPS) is 19.6. The zero-order valence-corrected chi connectivity index (χ0v) is 42.8. The lowest BCUT2D eigenvalue weighted by molar-refractivity contribution is -0.941. The van der Waals surface area contributed by atoms with Gasteiger partial charge < -0.3 is 65.8 Å². The van der Waals surface area contributed by atoms with Gasteiger partial charge in [-0.3, -0.25) is 4.79 Å². The lowest BCUT2D eigenvalue weighted by atomic mass is 9.85. The monoisotopic (exact) mass is 978 g/mol. The highest BCUT2D eigenvalue weighted by Crippen LogP contribution is 2.49. The summed E-state index contributed by atoms with van der Waals surface area (Å²) in [5, 5.41) is 0. The highest BCUT2D eigenvalue weighted by molar-refractivity contribution is 5.81. The number of likely N-dealkylation sites (N-methyl/N-ethyl adjacent to an activating group) is 2. The molecular weight excluding hydrogens is 908 g/mol. The summed E-state index contributed by atoms with van der Waals surface area (Å²) in [6.07, 6.45) is 0.134. The van der Waals surface area contributed by atoms with Gasteiger partial charge in [0.05, 0.1) is 131 Å². The number of alkyl halides is 1. The van der Waals surface area contributed by atoms with Crippen molar-refractivity contribution in [1.29, 1.82) is 0 Å². The minimum absolute atomic E-state index is 0.0246. The van der Waals surface area contributed by atoms with E-state index in [0.717, 1.165) is 59.3 Å². The molecule has 4 aromatic carbocycles. The third kappa shape index (κ3) is 11.3. The molecule has 2 aliphatic heterocycles. The maximum atomic E-state index is 15.3. The van der Waals surface area contributed by atoms with Crippen LogP contribution in [0.5, 0.6) is 57.5 Å². The highest BCUT2D eigenvalue weighted by Gasteiger charge is 2.43. The van der Waals surface area contributed by atoms with Crippen molar-refractivity contribution in [2.75, 3.05) is 125 Å². The molecule has 70 heavy (non-hydrogen) atoms. The van der Waals surface area contributed by atoms with Crippen molar-refractivity contribution in [2.24, 2.45) is 0 Å². The minimum atomic E-state index is -2.17. The van der Waals surface area contributed by atoms with Crippen molar-refractivity contribution in [3.05, 3.63) is 81.9 Å². The summed E-state index contributed by atoms with van der Waals surface area (Å²) in [7, 11) is 20.3. The molecule has 2 aliphatic rings. The van der Waals surface area contributed by atoms with Crippen LogP contribution >= 0.6 is 0 Å². The van der Waals surface area contributed by atoms with Crippen LogP contribution in [0.2, 0.25) is 0 Å². The van der Waals surface area contributed by atoms with E-state index in [-0.39, 0.29) is 25.3 Å². The van der Waals surface area contributed by atoms with Crippen molar-refractivity contribution in [2.45, 2.75) is 56.8 Å². The molecule has 4 aromatic rings. The van der Waals surface area contributed by atoms with E-state index >= 15 is 4.39 Å². The topological polar surface area (TPSA) is 145 Å². The second-order valence-electron chi connectivity index (χ2n) is 18.0. The van der Waals surface area contributed by atoms with Gasteiger partial charge in [-0.05, 0) is 65.2 Å². The number of rotatable bonds is 24. The van der Waals surface area contributed by atoms with Crippen LogP contribution in [0.25, 0.3) is 0 Å². The third-order valence-corrected chi connectivity index (χ3v) is 14.0. The van der Waals surface area contributed by atoms with Gasteiger partial charge in [0.15, 0.2) is 46.0 Å². The number of hydrogen-bond donors (Lipinski definition) is 0. The Morgan fingerprint density at radius 3 is 1.47 bits per heavy atom. The smallest absolute Gasteiger partial charge is 0.341 e. The Bertz CT molecular complexity index is 2420. The second kappa shape index (κ2) is 23.5. The van der Waals surface area contributed by atoms with Gasteiger partial charge in [-0.15, -0.1) is 0 Å². The second-order valence-corrected chi connectivity index (χ2v) is 18.0. The number of carbonyl (C=O) groups is 2. The van der Waals surface area contributed by atoms with Crippen LogP contribution < -0.4 is 47.4 Å². The Balaban J connectivity index is 1.07. The van der Waals surface area contributed by atoms with E-state index < -0.39 is 24.5 Å². The molecule has 0 saturated carbocycles. The molecule has 5 atom stereocenters. The predicted molar refractivity (Wildman–Crippen MR) is 259 cm³/mol. The molecule has 0 aromatic heterocycles. The molecule has 17 heteroatoms. The molecule has 0 aliphatic carbocycles. The Morgan fingerprint density at radius 2 is 0.971 bits per heavy atom. The molecule has 0 unspecified atom stereocenters. The zero-order chi connectivity index (χ0) is 50.8. The number of ether oxygens (including phenoxy) is 12. The molecule has 0 N–H and O–H groups in total. The van der Waals surface area contributed by atoms with E-state index in [1.807, 2.05) is 48.5 Å². The van der Waals surface area contributed by atoms with E-state index in [2.05, 4.69) is 14.1 Å². The Labute approximate surface area is 411 Å². The fourth-order valence-corrected chi connectivity index (χ4v) is 10.3. The lowest BCUT2D eigenvalue weighted by Crippen LogP contribution is -2.52. The summed E-state index contributed by atoms with van der Waals surface area (Å²) in [4.78, 5) is 25.9. The van der Waals surface area contributed by atoms with Gasteiger partial charge in [0.2, 0.25) is 17.7 Å². The van der Waals surface area contributed by atoms with E-state index in [1.54, 1.807) is 71.1 Å². The van der Waals surface area contributed by atoms with Crippen LogP contribution in [0, 0.1) is 0 Å². The van der Waals surface area contributed by atoms with Crippen molar-refractivity contribution in [3.8, 4) is 57.5 Å². The standard InChI is InChI=1S/C53H71FN2O14/c1-55(19-15-34-26-41(59-3)43(61-5)30-37(34)40(55)23-33-24-45(63-7)51(67-11)46(25-33)64-8)17-13-22-70-53(58)39(54)32-49(57)69-21-14-18-56(2)20-16-35-27-42(60-4)44(62-6)31-38(35)50(56)36-28-47(65-9)52(68-12)48(29-36)66-10/h24-31,39-40,50H,13-23,32H2,1-12H3/q+2/t39-,40+,50-,55+,56-/m0/s1. The Hall–Kier alpha value is -6.33. The van der Waals surface area contributed by atoms with E-state index in [4.69, 9.17) is 56.8 Å². The molecule has 0 amide bonds. The van der Waals surface area contributed by atoms with Gasteiger partial charge in [-0.2, -0.15) is 0 Å². The third-order valence-electron chi connectivity index (χ3n) is 14.0. The first kappa shape index (κ1) is 53.0. The first-order valence-corrected chi connectivity index (χ1v) is 23.4. The zero-order valence-electron chi connectivity index (χ0n) is 42.8. The van der Waals surface area contributed by atoms with Crippen molar-refractivity contribution in [1.82, 2.24) is 0 Å². The first-order valence-electron chi connectivity index (χ1n) is 23.4. The fourth-order valence-electron chi connectivity index (χ4n) is 10.3. The van der Waals surface area contributed by atoms with Crippen molar-refractivity contribution in [3.63, 3.8) is 0 Å². The SMILES string of the molecule is COc1cc2c(cc1OC)[C@H](c1cc(OC)c(OC)c(OC)c1)[N@@+](C)(CCCOC(=O)C[C@H](F)C(=O)OCCC[N@+]1(C)CCc3cc(OC)c(OC)cc3[C@H]1Cc1cc(OC)c(OC)c(OC)c1)CC2. The van der Waals surface area contributed by atoms with Gasteiger partial charge in [0, 0.05) is 48.8 Å².